The Balaban J connectivity index is 2.28. The van der Waals surface area contributed by atoms with Crippen molar-refractivity contribution in [1.29, 1.82) is 0 Å². The number of hydrogen-bond donors (Lipinski definition) is 2. The zero-order chi connectivity index (χ0) is 14.6. The lowest BCUT2D eigenvalue weighted by Gasteiger charge is -2.13. The molecule has 6 heteroatoms. The molecule has 1 aromatic heterocycles. The van der Waals surface area contributed by atoms with Gasteiger partial charge in [-0.25, -0.2) is 13.1 Å². The van der Waals surface area contributed by atoms with Gasteiger partial charge in [0.25, 0.3) is 0 Å². The van der Waals surface area contributed by atoms with Crippen LogP contribution in [0, 0.1) is 5.92 Å². The van der Waals surface area contributed by atoms with Crippen LogP contribution in [-0.2, 0) is 10.0 Å². The van der Waals surface area contributed by atoms with Crippen molar-refractivity contribution in [2.75, 3.05) is 13.2 Å². The SMILES string of the molecule is CC(CCO)CNS(=O)(=O)c1cccc2cnccc12. The summed E-state index contributed by atoms with van der Waals surface area (Å²) in [7, 11) is -3.56. The van der Waals surface area contributed by atoms with Gasteiger partial charge in [-0.2, -0.15) is 0 Å². The van der Waals surface area contributed by atoms with Crippen LogP contribution in [0.25, 0.3) is 10.8 Å². The molecule has 0 aliphatic carbocycles. The number of hydrogen-bond acceptors (Lipinski definition) is 4. The first-order valence-electron chi connectivity index (χ1n) is 6.48. The van der Waals surface area contributed by atoms with E-state index in [1.165, 1.54) is 0 Å². The molecule has 0 amide bonds. The maximum atomic E-state index is 12.4. The van der Waals surface area contributed by atoms with Crippen LogP contribution in [0.2, 0.25) is 0 Å². The number of nitrogens with one attached hydrogen (secondary N) is 1. The molecule has 2 N–H and O–H groups in total. The van der Waals surface area contributed by atoms with Crippen molar-refractivity contribution in [2.24, 2.45) is 5.92 Å². The van der Waals surface area contributed by atoms with E-state index in [1.54, 1.807) is 30.6 Å². The number of fused-ring (bicyclic) bond motifs is 1. The van der Waals surface area contributed by atoms with Gasteiger partial charge in [0.1, 0.15) is 0 Å². The van der Waals surface area contributed by atoms with Crippen molar-refractivity contribution >= 4 is 20.8 Å². The summed E-state index contributed by atoms with van der Waals surface area (Å²) in [4.78, 5) is 4.25. The molecule has 0 saturated carbocycles. The summed E-state index contributed by atoms with van der Waals surface area (Å²) in [5.41, 5.74) is 0. The maximum Gasteiger partial charge on any atom is 0.241 e. The predicted octanol–water partition coefficient (Wildman–Crippen LogP) is 1.53. The maximum absolute atomic E-state index is 12.4. The van der Waals surface area contributed by atoms with Crippen LogP contribution in [0.5, 0.6) is 0 Å². The Morgan fingerprint density at radius 1 is 1.35 bits per heavy atom. The highest BCUT2D eigenvalue weighted by Crippen LogP contribution is 2.21. The number of benzene rings is 1. The number of nitrogens with zero attached hydrogens (tertiary/aromatic N) is 1. The van der Waals surface area contributed by atoms with E-state index in [0.29, 0.717) is 18.4 Å². The Morgan fingerprint density at radius 2 is 2.15 bits per heavy atom. The highest BCUT2D eigenvalue weighted by Gasteiger charge is 2.17. The third kappa shape index (κ3) is 3.33. The molecule has 0 bridgehead atoms. The van der Waals surface area contributed by atoms with Gasteiger partial charge in [0.05, 0.1) is 4.90 Å². The molecule has 0 aliphatic rings. The van der Waals surface area contributed by atoms with Crippen molar-refractivity contribution < 1.29 is 13.5 Å². The van der Waals surface area contributed by atoms with Crippen LogP contribution in [0.4, 0.5) is 0 Å². The van der Waals surface area contributed by atoms with Crippen LogP contribution < -0.4 is 4.72 Å². The normalized spacial score (nSPS) is 13.5. The zero-order valence-corrected chi connectivity index (χ0v) is 12.1. The van der Waals surface area contributed by atoms with E-state index in [0.717, 1.165) is 5.39 Å². The molecule has 0 spiro atoms. The summed E-state index contributed by atoms with van der Waals surface area (Å²) in [5, 5.41) is 10.3. The molecule has 1 atom stereocenters. The number of sulfonamides is 1. The summed E-state index contributed by atoms with van der Waals surface area (Å²) >= 11 is 0. The minimum Gasteiger partial charge on any atom is -0.396 e. The van der Waals surface area contributed by atoms with Crippen molar-refractivity contribution in [3.63, 3.8) is 0 Å². The highest BCUT2D eigenvalue weighted by atomic mass is 32.2. The molecule has 20 heavy (non-hydrogen) atoms. The molecule has 5 nitrogen and oxygen atoms in total. The van der Waals surface area contributed by atoms with Gasteiger partial charge >= 0.3 is 0 Å². The lowest BCUT2D eigenvalue weighted by atomic mass is 10.1. The summed E-state index contributed by atoms with van der Waals surface area (Å²) in [5.74, 6) is 0.0893. The van der Waals surface area contributed by atoms with E-state index in [2.05, 4.69) is 9.71 Å². The minimum absolute atomic E-state index is 0.0584. The van der Waals surface area contributed by atoms with Crippen LogP contribution >= 0.6 is 0 Å². The first-order valence-corrected chi connectivity index (χ1v) is 7.96. The lowest BCUT2D eigenvalue weighted by Crippen LogP contribution is -2.29. The van der Waals surface area contributed by atoms with E-state index >= 15 is 0 Å². The van der Waals surface area contributed by atoms with E-state index in [-0.39, 0.29) is 17.4 Å². The second-order valence-electron chi connectivity index (χ2n) is 4.82. The van der Waals surface area contributed by atoms with E-state index < -0.39 is 10.0 Å². The van der Waals surface area contributed by atoms with Crippen LogP contribution in [0.1, 0.15) is 13.3 Å². The summed E-state index contributed by atoms with van der Waals surface area (Å²) < 4.78 is 27.3. The Labute approximate surface area is 118 Å². The fourth-order valence-corrected chi connectivity index (χ4v) is 3.37. The quantitative estimate of drug-likeness (QED) is 0.847. The van der Waals surface area contributed by atoms with Gasteiger partial charge in [-0.15, -0.1) is 0 Å². The zero-order valence-electron chi connectivity index (χ0n) is 11.3. The van der Waals surface area contributed by atoms with Gasteiger partial charge in [0, 0.05) is 36.3 Å². The van der Waals surface area contributed by atoms with Crippen LogP contribution in [0.15, 0.2) is 41.6 Å². The second kappa shape index (κ2) is 6.30. The van der Waals surface area contributed by atoms with Crippen molar-refractivity contribution in [3.05, 3.63) is 36.7 Å². The molecule has 1 aromatic carbocycles. The molecule has 0 saturated heterocycles. The first kappa shape index (κ1) is 14.9. The van der Waals surface area contributed by atoms with Gasteiger partial charge in [0.15, 0.2) is 0 Å². The molecule has 2 rings (SSSR count). The molecule has 1 unspecified atom stereocenters. The van der Waals surface area contributed by atoms with E-state index in [1.807, 2.05) is 13.0 Å². The largest absolute Gasteiger partial charge is 0.396 e. The van der Waals surface area contributed by atoms with Crippen molar-refractivity contribution in [2.45, 2.75) is 18.2 Å². The minimum atomic E-state index is -3.56. The summed E-state index contributed by atoms with van der Waals surface area (Å²) in [6.45, 7) is 2.26. The molecule has 2 aromatic rings. The molecule has 108 valence electrons. The number of aliphatic hydroxyl groups excluding tert-OH is 1. The molecule has 0 radical (unpaired) electrons. The fraction of sp³-hybridized carbons (Fsp3) is 0.357. The first-order chi connectivity index (χ1) is 9.54. The standard InChI is InChI=1S/C14H18N2O3S/c1-11(6-8-17)9-16-20(18,19)14-4-2-3-12-10-15-7-5-13(12)14/h2-5,7,10-11,16-17H,6,8-9H2,1H3. The third-order valence-electron chi connectivity index (χ3n) is 3.17. The van der Waals surface area contributed by atoms with Gasteiger partial charge < -0.3 is 5.11 Å². The molecule has 0 fully saturated rings. The average Bonchev–Trinajstić information content (AvgIpc) is 2.45. The Kier molecular flexibility index (Phi) is 4.69. The van der Waals surface area contributed by atoms with Gasteiger partial charge in [-0.05, 0) is 24.5 Å². The summed E-state index contributed by atoms with van der Waals surface area (Å²) in [6.07, 6.45) is 3.79. The third-order valence-corrected chi connectivity index (χ3v) is 4.66. The fourth-order valence-electron chi connectivity index (χ4n) is 1.98. The average molecular weight is 294 g/mol. The van der Waals surface area contributed by atoms with Gasteiger partial charge in [0.2, 0.25) is 10.0 Å². The molecule has 1 heterocycles. The number of aliphatic hydroxyl groups is 1. The number of pyridine rings is 1. The van der Waals surface area contributed by atoms with Gasteiger partial charge in [-0.3, -0.25) is 4.98 Å². The predicted molar refractivity (Wildman–Crippen MR) is 77.8 cm³/mol. The van der Waals surface area contributed by atoms with E-state index in [4.69, 9.17) is 5.11 Å². The topological polar surface area (TPSA) is 79.3 Å². The van der Waals surface area contributed by atoms with Gasteiger partial charge in [-0.1, -0.05) is 19.1 Å². The van der Waals surface area contributed by atoms with Crippen LogP contribution in [0.3, 0.4) is 0 Å². The van der Waals surface area contributed by atoms with Crippen molar-refractivity contribution in [1.82, 2.24) is 9.71 Å². The van der Waals surface area contributed by atoms with Crippen LogP contribution in [-0.4, -0.2) is 31.7 Å². The molecular weight excluding hydrogens is 276 g/mol. The van der Waals surface area contributed by atoms with Crippen molar-refractivity contribution in [3.8, 4) is 0 Å². The number of aromatic nitrogens is 1. The Bertz CT molecular complexity index is 680. The molecule has 0 aliphatic heterocycles. The number of rotatable bonds is 6. The second-order valence-corrected chi connectivity index (χ2v) is 6.56. The van der Waals surface area contributed by atoms with E-state index in [9.17, 15) is 8.42 Å². The Hall–Kier alpha value is -1.50. The summed E-state index contributed by atoms with van der Waals surface area (Å²) in [6, 6.07) is 6.81. The lowest BCUT2D eigenvalue weighted by molar-refractivity contribution is 0.263. The Morgan fingerprint density at radius 3 is 2.90 bits per heavy atom. The highest BCUT2D eigenvalue weighted by molar-refractivity contribution is 7.89. The monoisotopic (exact) mass is 294 g/mol. The smallest absolute Gasteiger partial charge is 0.241 e. The molecular formula is C14H18N2O3S.